The van der Waals surface area contributed by atoms with Crippen LogP contribution in [0, 0.1) is 6.92 Å². The fraction of sp³-hybridized carbons (Fsp3) is 0.600. The number of nitrogens with one attached hydrogen (secondary N) is 1. The molecule has 0 unspecified atom stereocenters. The highest BCUT2D eigenvalue weighted by Gasteiger charge is 2.29. The Bertz CT molecular complexity index is 344. The van der Waals surface area contributed by atoms with Crippen LogP contribution in [0.4, 0.5) is 0 Å². The largest absolute Gasteiger partial charge is 0.394 e. The molecule has 0 amide bonds. The molecule has 0 heterocycles. The van der Waals surface area contributed by atoms with Crippen molar-refractivity contribution in [3.8, 4) is 0 Å². The summed E-state index contributed by atoms with van der Waals surface area (Å²) in [4.78, 5) is 0. The van der Waals surface area contributed by atoms with Crippen LogP contribution in [0.25, 0.3) is 0 Å². The first-order chi connectivity index (χ1) is 8.79. The van der Waals surface area contributed by atoms with E-state index in [0.29, 0.717) is 19.3 Å². The summed E-state index contributed by atoms with van der Waals surface area (Å²) in [5, 5.41) is 12.0. The van der Waals surface area contributed by atoms with E-state index in [1.165, 1.54) is 24.0 Å². The lowest BCUT2D eigenvalue weighted by Gasteiger charge is -2.36. The van der Waals surface area contributed by atoms with Crippen molar-refractivity contribution in [3.63, 3.8) is 0 Å². The first-order valence-electron chi connectivity index (χ1n) is 6.78. The Morgan fingerprint density at radius 1 is 1.22 bits per heavy atom. The van der Waals surface area contributed by atoms with Crippen LogP contribution in [0.5, 0.6) is 0 Å². The van der Waals surface area contributed by atoms with E-state index in [2.05, 4.69) is 36.5 Å². The number of benzene rings is 1. The van der Waals surface area contributed by atoms with Gasteiger partial charge in [-0.3, -0.25) is 0 Å². The molecular weight excluding hydrogens is 226 g/mol. The second kappa shape index (κ2) is 6.88. The van der Waals surface area contributed by atoms with Crippen LogP contribution >= 0.6 is 0 Å². The zero-order valence-electron chi connectivity index (χ0n) is 11.1. The van der Waals surface area contributed by atoms with Crippen LogP contribution < -0.4 is 5.32 Å². The molecule has 3 heteroatoms. The van der Waals surface area contributed by atoms with Crippen LogP contribution in [0.15, 0.2) is 24.3 Å². The van der Waals surface area contributed by atoms with E-state index in [4.69, 9.17) is 9.84 Å². The fourth-order valence-corrected chi connectivity index (χ4v) is 2.40. The molecule has 0 aliphatic heterocycles. The van der Waals surface area contributed by atoms with Gasteiger partial charge in [-0.25, -0.2) is 0 Å². The van der Waals surface area contributed by atoms with E-state index < -0.39 is 0 Å². The van der Waals surface area contributed by atoms with Crippen LogP contribution in [-0.4, -0.2) is 37.5 Å². The first kappa shape index (κ1) is 13.5. The van der Waals surface area contributed by atoms with Gasteiger partial charge in [-0.05, 0) is 31.2 Å². The van der Waals surface area contributed by atoms with Crippen LogP contribution in [-0.2, 0) is 4.74 Å². The summed E-state index contributed by atoms with van der Waals surface area (Å²) in [7, 11) is 0. The molecule has 0 radical (unpaired) electrons. The minimum atomic E-state index is 0.110. The van der Waals surface area contributed by atoms with Gasteiger partial charge in [0.05, 0.1) is 19.8 Å². The van der Waals surface area contributed by atoms with Crippen molar-refractivity contribution in [2.45, 2.75) is 31.7 Å². The molecule has 1 aromatic carbocycles. The zero-order chi connectivity index (χ0) is 12.8. The van der Waals surface area contributed by atoms with E-state index in [0.717, 1.165) is 12.5 Å². The Morgan fingerprint density at radius 2 is 1.94 bits per heavy atom. The predicted molar refractivity (Wildman–Crippen MR) is 72.8 cm³/mol. The van der Waals surface area contributed by atoms with Gasteiger partial charge >= 0.3 is 0 Å². The van der Waals surface area contributed by atoms with Gasteiger partial charge in [0.2, 0.25) is 0 Å². The van der Waals surface area contributed by atoms with E-state index >= 15 is 0 Å². The van der Waals surface area contributed by atoms with Crippen molar-refractivity contribution in [3.05, 3.63) is 35.4 Å². The number of aryl methyl sites for hydroxylation is 1. The Kier molecular flexibility index (Phi) is 5.17. The second-order valence-corrected chi connectivity index (χ2v) is 5.07. The van der Waals surface area contributed by atoms with Gasteiger partial charge in [-0.15, -0.1) is 0 Å². The standard InChI is InChI=1S/C15H23NO2/c1-12-2-4-13(5-3-12)14-10-15(11-14)16-6-8-18-9-7-17/h2-5,14-17H,6-11H2,1H3. The molecule has 0 bridgehead atoms. The summed E-state index contributed by atoms with van der Waals surface area (Å²) < 4.78 is 5.21. The van der Waals surface area contributed by atoms with E-state index in [9.17, 15) is 0 Å². The third-order valence-electron chi connectivity index (χ3n) is 3.60. The molecule has 1 saturated carbocycles. The number of hydrogen-bond donors (Lipinski definition) is 2. The molecular formula is C15H23NO2. The van der Waals surface area contributed by atoms with Gasteiger partial charge in [0.15, 0.2) is 0 Å². The highest BCUT2D eigenvalue weighted by atomic mass is 16.5. The monoisotopic (exact) mass is 249 g/mol. The average molecular weight is 249 g/mol. The van der Waals surface area contributed by atoms with Gasteiger partial charge < -0.3 is 15.2 Å². The van der Waals surface area contributed by atoms with Crippen molar-refractivity contribution in [1.82, 2.24) is 5.32 Å². The molecule has 0 spiro atoms. The van der Waals surface area contributed by atoms with Crippen molar-refractivity contribution in [1.29, 1.82) is 0 Å². The SMILES string of the molecule is Cc1ccc(C2CC(NCCOCCO)C2)cc1. The summed E-state index contributed by atoms with van der Waals surface area (Å²) in [5.74, 6) is 0.724. The molecule has 0 atom stereocenters. The third-order valence-corrected chi connectivity index (χ3v) is 3.60. The molecule has 18 heavy (non-hydrogen) atoms. The lowest BCUT2D eigenvalue weighted by Crippen LogP contribution is -2.41. The Hall–Kier alpha value is -0.900. The van der Waals surface area contributed by atoms with Gasteiger partial charge in [0.1, 0.15) is 0 Å². The third kappa shape index (κ3) is 3.80. The molecule has 1 fully saturated rings. The first-order valence-corrected chi connectivity index (χ1v) is 6.78. The summed E-state index contributed by atoms with van der Waals surface area (Å²) >= 11 is 0. The van der Waals surface area contributed by atoms with Gasteiger partial charge in [-0.2, -0.15) is 0 Å². The molecule has 3 nitrogen and oxygen atoms in total. The molecule has 2 N–H and O–H groups in total. The van der Waals surface area contributed by atoms with Crippen LogP contribution in [0.1, 0.15) is 29.9 Å². The molecule has 0 aromatic heterocycles. The molecule has 1 aromatic rings. The van der Waals surface area contributed by atoms with Crippen molar-refractivity contribution in [2.75, 3.05) is 26.4 Å². The molecule has 1 aliphatic rings. The van der Waals surface area contributed by atoms with Gasteiger partial charge in [0, 0.05) is 12.6 Å². The lowest BCUT2D eigenvalue weighted by atomic mass is 9.76. The van der Waals surface area contributed by atoms with Crippen molar-refractivity contribution >= 4 is 0 Å². The van der Waals surface area contributed by atoms with Crippen molar-refractivity contribution < 1.29 is 9.84 Å². The maximum atomic E-state index is 8.57. The fourth-order valence-electron chi connectivity index (χ4n) is 2.40. The van der Waals surface area contributed by atoms with Gasteiger partial charge in [0.25, 0.3) is 0 Å². The average Bonchev–Trinajstić information content (AvgIpc) is 2.33. The molecule has 1 aliphatic carbocycles. The number of aliphatic hydroxyl groups excluding tert-OH is 1. The zero-order valence-corrected chi connectivity index (χ0v) is 11.1. The van der Waals surface area contributed by atoms with E-state index in [1.54, 1.807) is 0 Å². The van der Waals surface area contributed by atoms with Crippen molar-refractivity contribution in [2.24, 2.45) is 0 Å². The maximum Gasteiger partial charge on any atom is 0.0698 e. The maximum absolute atomic E-state index is 8.57. The number of rotatable bonds is 7. The van der Waals surface area contributed by atoms with E-state index in [-0.39, 0.29) is 6.61 Å². The van der Waals surface area contributed by atoms with E-state index in [1.807, 2.05) is 0 Å². The second-order valence-electron chi connectivity index (χ2n) is 5.07. The number of hydrogen-bond acceptors (Lipinski definition) is 3. The number of ether oxygens (including phenoxy) is 1. The topological polar surface area (TPSA) is 41.5 Å². The highest BCUT2D eigenvalue weighted by molar-refractivity contribution is 5.26. The Labute approximate surface area is 109 Å². The van der Waals surface area contributed by atoms with Crippen LogP contribution in [0.2, 0.25) is 0 Å². The summed E-state index contributed by atoms with van der Waals surface area (Å²) in [5.41, 5.74) is 2.80. The van der Waals surface area contributed by atoms with Gasteiger partial charge in [-0.1, -0.05) is 29.8 Å². The smallest absolute Gasteiger partial charge is 0.0698 e. The minimum Gasteiger partial charge on any atom is -0.394 e. The Balaban J connectivity index is 1.60. The Morgan fingerprint density at radius 3 is 2.61 bits per heavy atom. The quantitative estimate of drug-likeness (QED) is 0.725. The highest BCUT2D eigenvalue weighted by Crippen LogP contribution is 2.36. The molecule has 0 saturated heterocycles. The summed E-state index contributed by atoms with van der Waals surface area (Å²) in [6.45, 7) is 4.25. The number of aliphatic hydroxyl groups is 1. The normalized spacial score (nSPS) is 22.8. The minimum absolute atomic E-state index is 0.110. The molecule has 100 valence electrons. The predicted octanol–water partition coefficient (Wildman–Crippen LogP) is 1.84. The summed E-state index contributed by atoms with van der Waals surface area (Å²) in [6.07, 6.45) is 2.45. The lowest BCUT2D eigenvalue weighted by molar-refractivity contribution is 0.0901. The van der Waals surface area contributed by atoms with Crippen LogP contribution in [0.3, 0.4) is 0 Å². The summed E-state index contributed by atoms with van der Waals surface area (Å²) in [6, 6.07) is 9.52. The molecule has 2 rings (SSSR count).